The molecule has 0 radical (unpaired) electrons. The molecule has 0 aliphatic carbocycles. The molecule has 0 bridgehead atoms. The molecule has 1 N–H and O–H groups in total. The van der Waals surface area contributed by atoms with Crippen LogP contribution in [0.3, 0.4) is 0 Å². The SMILES string of the molecule is CCOC(=O)c1nc(-c2cccc3[nH]ccc23)no1. The molecule has 0 saturated carbocycles. The molecule has 6 nitrogen and oxygen atoms in total. The van der Waals surface area contributed by atoms with Crippen molar-refractivity contribution in [2.24, 2.45) is 0 Å². The lowest BCUT2D eigenvalue weighted by atomic mass is 10.1. The van der Waals surface area contributed by atoms with Crippen LogP contribution in [0.4, 0.5) is 0 Å². The Bertz CT molecular complexity index is 729. The summed E-state index contributed by atoms with van der Waals surface area (Å²) in [6, 6.07) is 7.63. The van der Waals surface area contributed by atoms with E-state index in [1.54, 1.807) is 6.92 Å². The van der Waals surface area contributed by atoms with Crippen LogP contribution in [-0.2, 0) is 4.74 Å². The molecular formula is C13H11N3O3. The van der Waals surface area contributed by atoms with E-state index in [9.17, 15) is 4.79 Å². The molecule has 19 heavy (non-hydrogen) atoms. The third-order valence-corrected chi connectivity index (χ3v) is 2.71. The number of aromatic nitrogens is 3. The number of hydrogen-bond donors (Lipinski definition) is 1. The highest BCUT2D eigenvalue weighted by Gasteiger charge is 2.18. The Labute approximate surface area is 108 Å². The molecule has 2 heterocycles. The summed E-state index contributed by atoms with van der Waals surface area (Å²) in [7, 11) is 0. The van der Waals surface area contributed by atoms with Gasteiger partial charge in [-0.1, -0.05) is 17.3 Å². The van der Waals surface area contributed by atoms with Crippen LogP contribution >= 0.6 is 0 Å². The largest absolute Gasteiger partial charge is 0.459 e. The molecule has 6 heteroatoms. The van der Waals surface area contributed by atoms with E-state index in [4.69, 9.17) is 9.26 Å². The van der Waals surface area contributed by atoms with Crippen LogP contribution < -0.4 is 0 Å². The maximum atomic E-state index is 11.5. The highest BCUT2D eigenvalue weighted by molar-refractivity contribution is 5.93. The number of nitrogens with one attached hydrogen (secondary N) is 1. The Morgan fingerprint density at radius 3 is 3.16 bits per heavy atom. The molecular weight excluding hydrogens is 246 g/mol. The van der Waals surface area contributed by atoms with Gasteiger partial charge in [-0.3, -0.25) is 0 Å². The Kier molecular flexibility index (Phi) is 2.75. The minimum atomic E-state index is -0.609. The van der Waals surface area contributed by atoms with Crippen molar-refractivity contribution >= 4 is 16.9 Å². The molecule has 0 aliphatic rings. The third-order valence-electron chi connectivity index (χ3n) is 2.71. The zero-order chi connectivity index (χ0) is 13.2. The van der Waals surface area contributed by atoms with E-state index in [1.807, 2.05) is 30.5 Å². The molecule has 0 unspecified atom stereocenters. The average Bonchev–Trinajstić information content (AvgIpc) is 3.07. The van der Waals surface area contributed by atoms with Crippen LogP contribution in [0.1, 0.15) is 17.6 Å². The summed E-state index contributed by atoms with van der Waals surface area (Å²) in [6.07, 6.45) is 1.83. The van der Waals surface area contributed by atoms with E-state index in [0.29, 0.717) is 5.82 Å². The van der Waals surface area contributed by atoms with E-state index in [2.05, 4.69) is 15.1 Å². The van der Waals surface area contributed by atoms with E-state index >= 15 is 0 Å². The second-order valence-corrected chi connectivity index (χ2v) is 3.89. The van der Waals surface area contributed by atoms with Crippen LogP contribution in [0, 0.1) is 0 Å². The van der Waals surface area contributed by atoms with Crippen molar-refractivity contribution in [3.05, 3.63) is 36.4 Å². The number of benzene rings is 1. The average molecular weight is 257 g/mol. The van der Waals surface area contributed by atoms with Crippen molar-refractivity contribution in [1.82, 2.24) is 15.1 Å². The van der Waals surface area contributed by atoms with Crippen molar-refractivity contribution in [3.8, 4) is 11.4 Å². The van der Waals surface area contributed by atoms with Crippen LogP contribution in [-0.4, -0.2) is 27.7 Å². The molecule has 2 aromatic heterocycles. The highest BCUT2D eigenvalue weighted by Crippen LogP contribution is 2.25. The monoisotopic (exact) mass is 257 g/mol. The van der Waals surface area contributed by atoms with Gasteiger partial charge in [-0.15, -0.1) is 0 Å². The molecule has 0 fully saturated rings. The van der Waals surface area contributed by atoms with Gasteiger partial charge < -0.3 is 14.2 Å². The fourth-order valence-electron chi connectivity index (χ4n) is 1.89. The summed E-state index contributed by atoms with van der Waals surface area (Å²) in [6.45, 7) is 1.99. The van der Waals surface area contributed by atoms with Crippen LogP contribution in [0.5, 0.6) is 0 Å². The van der Waals surface area contributed by atoms with Crippen LogP contribution in [0.25, 0.3) is 22.3 Å². The van der Waals surface area contributed by atoms with Gasteiger partial charge in [-0.25, -0.2) is 4.79 Å². The molecule has 3 rings (SSSR count). The van der Waals surface area contributed by atoms with Gasteiger partial charge >= 0.3 is 11.9 Å². The summed E-state index contributed by atoms with van der Waals surface area (Å²) in [4.78, 5) is 18.6. The summed E-state index contributed by atoms with van der Waals surface area (Å²) >= 11 is 0. The van der Waals surface area contributed by atoms with E-state index in [-0.39, 0.29) is 12.5 Å². The Balaban J connectivity index is 2.03. The van der Waals surface area contributed by atoms with Crippen molar-refractivity contribution in [3.63, 3.8) is 0 Å². The van der Waals surface area contributed by atoms with E-state index in [1.165, 1.54) is 0 Å². The topological polar surface area (TPSA) is 81.0 Å². The second kappa shape index (κ2) is 4.56. The molecule has 0 spiro atoms. The van der Waals surface area contributed by atoms with Crippen LogP contribution in [0.2, 0.25) is 0 Å². The number of ether oxygens (including phenoxy) is 1. The molecule has 3 aromatic rings. The summed E-state index contributed by atoms with van der Waals surface area (Å²) in [5.41, 5.74) is 1.78. The van der Waals surface area contributed by atoms with Crippen molar-refractivity contribution in [2.45, 2.75) is 6.92 Å². The standard InChI is InChI=1S/C13H11N3O3/c1-2-18-13(17)12-15-11(16-19-12)9-4-3-5-10-8(9)6-7-14-10/h3-7,14H,2H2,1H3. The minimum absolute atomic E-state index is 0.135. The lowest BCUT2D eigenvalue weighted by Gasteiger charge is -1.96. The Hall–Kier alpha value is -2.63. The fourth-order valence-corrected chi connectivity index (χ4v) is 1.89. The van der Waals surface area contributed by atoms with E-state index in [0.717, 1.165) is 16.5 Å². The Morgan fingerprint density at radius 2 is 2.32 bits per heavy atom. The predicted molar refractivity (Wildman–Crippen MR) is 67.5 cm³/mol. The van der Waals surface area contributed by atoms with Crippen molar-refractivity contribution in [1.29, 1.82) is 0 Å². The smallest absolute Gasteiger partial charge is 0.397 e. The molecule has 96 valence electrons. The number of aromatic amines is 1. The van der Waals surface area contributed by atoms with Gasteiger partial charge in [0.05, 0.1) is 6.61 Å². The van der Waals surface area contributed by atoms with Crippen LogP contribution in [0.15, 0.2) is 35.0 Å². The number of carbonyl (C=O) groups excluding carboxylic acids is 1. The fraction of sp³-hybridized carbons (Fsp3) is 0.154. The first-order valence-corrected chi connectivity index (χ1v) is 5.87. The number of hydrogen-bond acceptors (Lipinski definition) is 5. The number of esters is 1. The molecule has 0 amide bonds. The van der Waals surface area contributed by atoms with Gasteiger partial charge in [0.1, 0.15) is 0 Å². The van der Waals surface area contributed by atoms with Gasteiger partial charge in [0.15, 0.2) is 0 Å². The first kappa shape index (κ1) is 11.5. The second-order valence-electron chi connectivity index (χ2n) is 3.89. The molecule has 0 saturated heterocycles. The molecule has 0 aliphatic heterocycles. The normalized spacial score (nSPS) is 10.8. The number of carbonyl (C=O) groups is 1. The maximum absolute atomic E-state index is 11.5. The van der Waals surface area contributed by atoms with Gasteiger partial charge in [0.25, 0.3) is 0 Å². The lowest BCUT2D eigenvalue weighted by Crippen LogP contribution is -2.04. The van der Waals surface area contributed by atoms with Gasteiger partial charge in [-0.2, -0.15) is 4.98 Å². The lowest BCUT2D eigenvalue weighted by molar-refractivity contribution is 0.0470. The van der Waals surface area contributed by atoms with Gasteiger partial charge in [0.2, 0.25) is 5.82 Å². The number of H-pyrrole nitrogens is 1. The molecule has 0 atom stereocenters. The zero-order valence-electron chi connectivity index (χ0n) is 10.2. The van der Waals surface area contributed by atoms with E-state index < -0.39 is 5.97 Å². The van der Waals surface area contributed by atoms with Crippen molar-refractivity contribution < 1.29 is 14.1 Å². The van der Waals surface area contributed by atoms with Gasteiger partial charge in [-0.05, 0) is 19.1 Å². The first-order chi connectivity index (χ1) is 9.29. The predicted octanol–water partition coefficient (Wildman–Crippen LogP) is 2.39. The third kappa shape index (κ3) is 1.97. The number of rotatable bonds is 3. The number of fused-ring (bicyclic) bond motifs is 1. The summed E-state index contributed by atoms with van der Waals surface area (Å²) in [5.74, 6) is -0.375. The first-order valence-electron chi connectivity index (χ1n) is 5.87. The highest BCUT2D eigenvalue weighted by atomic mass is 16.6. The minimum Gasteiger partial charge on any atom is -0.459 e. The number of nitrogens with zero attached hydrogens (tertiary/aromatic N) is 2. The summed E-state index contributed by atoms with van der Waals surface area (Å²) in [5, 5.41) is 4.79. The Morgan fingerprint density at radius 1 is 1.42 bits per heavy atom. The van der Waals surface area contributed by atoms with Gasteiger partial charge in [0, 0.05) is 22.7 Å². The summed E-state index contributed by atoms with van der Waals surface area (Å²) < 4.78 is 9.72. The van der Waals surface area contributed by atoms with Crippen molar-refractivity contribution in [2.75, 3.05) is 6.61 Å². The molecule has 1 aromatic carbocycles. The maximum Gasteiger partial charge on any atom is 0.397 e. The zero-order valence-corrected chi connectivity index (χ0v) is 10.2. The quantitative estimate of drug-likeness (QED) is 0.728.